The number of carboxylic acids is 1. The summed E-state index contributed by atoms with van der Waals surface area (Å²) >= 11 is 0. The Morgan fingerprint density at radius 3 is 2.42 bits per heavy atom. The highest BCUT2D eigenvalue weighted by Gasteiger charge is 2.40. The number of carbonyl (C=O) groups excluding carboxylic acids is 3. The van der Waals surface area contributed by atoms with Gasteiger partial charge in [-0.05, 0) is 29.8 Å². The first-order chi connectivity index (χ1) is 15.5. The zero-order valence-electron chi connectivity index (χ0n) is 17.0. The largest absolute Gasteiger partial charge is 0.480 e. The summed E-state index contributed by atoms with van der Waals surface area (Å²) in [5.74, 6) is -4.92. The number of Topliss-reactive ketones (excluding diaryl/α,β-unsaturated/α-hetero) is 1. The fourth-order valence-electron chi connectivity index (χ4n) is 3.12. The van der Waals surface area contributed by atoms with Crippen molar-refractivity contribution in [2.45, 2.75) is 19.1 Å². The van der Waals surface area contributed by atoms with Crippen LogP contribution in [0.15, 0.2) is 42.6 Å². The molecule has 2 aromatic rings. The van der Waals surface area contributed by atoms with Gasteiger partial charge in [-0.15, -0.1) is 0 Å². The van der Waals surface area contributed by atoms with E-state index in [0.29, 0.717) is 5.56 Å². The predicted octanol–water partition coefficient (Wildman–Crippen LogP) is 2.01. The van der Waals surface area contributed by atoms with Gasteiger partial charge in [0, 0.05) is 31.8 Å². The summed E-state index contributed by atoms with van der Waals surface area (Å²) in [6.45, 7) is -0.577. The number of nitrogens with one attached hydrogen (secondary N) is 1. The molecule has 0 spiro atoms. The zero-order chi connectivity index (χ0) is 24.2. The number of rotatable bonds is 7. The minimum atomic E-state index is -4.45. The number of aromatic nitrogens is 1. The third-order valence-corrected chi connectivity index (χ3v) is 4.76. The topological polar surface area (TPSA) is 126 Å². The lowest BCUT2D eigenvalue weighted by atomic mass is 9.94. The summed E-state index contributed by atoms with van der Waals surface area (Å²) in [5.41, 5.74) is -0.250. The van der Waals surface area contributed by atoms with Gasteiger partial charge in [-0.1, -0.05) is 6.07 Å². The van der Waals surface area contributed by atoms with Crippen LogP contribution in [0.25, 0.3) is 0 Å². The van der Waals surface area contributed by atoms with Crippen LogP contribution < -0.4 is 10.1 Å². The standard InChI is InChI=1S/C21H18F3N3O6/c22-21(23,24)13-2-4-14(5-3-13)33-16-6-1-12(9-25-16)11-27-8-7-15(28)18(20(27)32)19(31)26-10-17(29)30/h1-6,9,18H,7-8,10-11H2,(H,26,31)(H,29,30). The number of halogens is 3. The van der Waals surface area contributed by atoms with E-state index in [1.807, 2.05) is 5.32 Å². The molecule has 1 atom stereocenters. The van der Waals surface area contributed by atoms with Gasteiger partial charge in [-0.3, -0.25) is 19.2 Å². The van der Waals surface area contributed by atoms with Crippen LogP contribution in [0.5, 0.6) is 11.6 Å². The van der Waals surface area contributed by atoms with Crippen molar-refractivity contribution in [3.05, 3.63) is 53.7 Å². The van der Waals surface area contributed by atoms with Crippen LogP contribution in [0.4, 0.5) is 13.2 Å². The van der Waals surface area contributed by atoms with Gasteiger partial charge in [0.25, 0.3) is 0 Å². The van der Waals surface area contributed by atoms with E-state index >= 15 is 0 Å². The summed E-state index contributed by atoms with van der Waals surface area (Å²) < 4.78 is 43.3. The minimum Gasteiger partial charge on any atom is -0.480 e. The Bertz CT molecular complexity index is 1050. The lowest BCUT2D eigenvalue weighted by Gasteiger charge is -2.30. The number of pyridine rings is 1. The second-order valence-corrected chi connectivity index (χ2v) is 7.15. The SMILES string of the molecule is O=C(O)CNC(=O)C1C(=O)CCN(Cc2ccc(Oc3ccc(C(F)(F)F)cc3)nc2)C1=O. The lowest BCUT2D eigenvalue weighted by molar-refractivity contribution is -0.152. The molecule has 33 heavy (non-hydrogen) atoms. The van der Waals surface area contributed by atoms with Crippen molar-refractivity contribution < 1.29 is 42.2 Å². The smallest absolute Gasteiger partial charge is 0.416 e. The number of carboxylic acid groups (broad SMARTS) is 1. The Labute approximate surface area is 185 Å². The predicted molar refractivity (Wildman–Crippen MR) is 105 cm³/mol. The fourth-order valence-corrected chi connectivity index (χ4v) is 3.12. The van der Waals surface area contributed by atoms with Gasteiger partial charge in [-0.25, -0.2) is 4.98 Å². The number of hydrogen-bond acceptors (Lipinski definition) is 6. The number of hydrogen-bond donors (Lipinski definition) is 2. The molecule has 1 unspecified atom stereocenters. The Balaban J connectivity index is 1.62. The normalized spacial score (nSPS) is 16.5. The van der Waals surface area contributed by atoms with Gasteiger partial charge >= 0.3 is 12.1 Å². The van der Waals surface area contributed by atoms with E-state index in [-0.39, 0.29) is 31.1 Å². The molecule has 0 saturated carbocycles. The number of nitrogens with zero attached hydrogens (tertiary/aromatic N) is 2. The number of ether oxygens (including phenoxy) is 1. The summed E-state index contributed by atoms with van der Waals surface area (Å²) in [6, 6.07) is 7.14. The number of amides is 2. The molecular formula is C21H18F3N3O6. The molecule has 0 aliphatic carbocycles. The molecule has 1 saturated heterocycles. The highest BCUT2D eigenvalue weighted by atomic mass is 19.4. The van der Waals surface area contributed by atoms with Crippen LogP contribution in [0.3, 0.4) is 0 Å². The van der Waals surface area contributed by atoms with E-state index in [0.717, 1.165) is 24.3 Å². The molecule has 0 bridgehead atoms. The maximum Gasteiger partial charge on any atom is 0.416 e. The van der Waals surface area contributed by atoms with Crippen LogP contribution in [-0.2, 0) is 31.9 Å². The van der Waals surface area contributed by atoms with E-state index < -0.39 is 47.8 Å². The molecule has 2 amide bonds. The molecule has 1 aliphatic rings. The molecule has 2 heterocycles. The van der Waals surface area contributed by atoms with E-state index in [4.69, 9.17) is 9.84 Å². The molecule has 12 heteroatoms. The number of benzene rings is 1. The Kier molecular flexibility index (Phi) is 6.95. The van der Waals surface area contributed by atoms with Gasteiger partial charge < -0.3 is 20.1 Å². The van der Waals surface area contributed by atoms with Crippen molar-refractivity contribution in [2.24, 2.45) is 5.92 Å². The molecule has 1 aliphatic heterocycles. The van der Waals surface area contributed by atoms with E-state index in [1.165, 1.54) is 17.2 Å². The molecule has 1 aromatic carbocycles. The van der Waals surface area contributed by atoms with Gasteiger partial charge in [0.15, 0.2) is 11.7 Å². The molecular weight excluding hydrogens is 447 g/mol. The third-order valence-electron chi connectivity index (χ3n) is 4.76. The average Bonchev–Trinajstić information content (AvgIpc) is 2.75. The van der Waals surface area contributed by atoms with Gasteiger partial charge in [0.05, 0.1) is 5.56 Å². The fraction of sp³-hybridized carbons (Fsp3) is 0.286. The molecule has 2 N–H and O–H groups in total. The van der Waals surface area contributed by atoms with Crippen molar-refractivity contribution in [3.8, 4) is 11.6 Å². The molecule has 174 valence electrons. The van der Waals surface area contributed by atoms with Crippen LogP contribution in [0.1, 0.15) is 17.5 Å². The number of alkyl halides is 3. The van der Waals surface area contributed by atoms with Crippen molar-refractivity contribution in [2.75, 3.05) is 13.1 Å². The summed E-state index contributed by atoms with van der Waals surface area (Å²) in [4.78, 5) is 52.7. The van der Waals surface area contributed by atoms with E-state index in [1.54, 1.807) is 6.07 Å². The first-order valence-corrected chi connectivity index (χ1v) is 9.65. The number of ketones is 1. The monoisotopic (exact) mass is 465 g/mol. The van der Waals surface area contributed by atoms with Crippen LogP contribution in [-0.4, -0.2) is 51.6 Å². The minimum absolute atomic E-state index is 0.0440. The second kappa shape index (κ2) is 9.67. The summed E-state index contributed by atoms with van der Waals surface area (Å²) in [7, 11) is 0. The quantitative estimate of drug-likeness (QED) is 0.599. The van der Waals surface area contributed by atoms with Crippen LogP contribution in [0, 0.1) is 5.92 Å². The zero-order valence-corrected chi connectivity index (χ0v) is 17.0. The van der Waals surface area contributed by atoms with E-state index in [2.05, 4.69) is 4.98 Å². The maximum atomic E-state index is 12.6. The van der Waals surface area contributed by atoms with Crippen LogP contribution in [0.2, 0.25) is 0 Å². The summed E-state index contributed by atoms with van der Waals surface area (Å²) in [5, 5.41) is 10.7. The second-order valence-electron chi connectivity index (χ2n) is 7.15. The van der Waals surface area contributed by atoms with Crippen molar-refractivity contribution >= 4 is 23.6 Å². The summed E-state index contributed by atoms with van der Waals surface area (Å²) in [6.07, 6.45) is -3.12. The van der Waals surface area contributed by atoms with Gasteiger partial charge in [0.1, 0.15) is 12.3 Å². The highest BCUT2D eigenvalue weighted by molar-refractivity contribution is 6.19. The van der Waals surface area contributed by atoms with E-state index in [9.17, 15) is 32.3 Å². The number of likely N-dealkylation sites (tertiary alicyclic amines) is 1. The van der Waals surface area contributed by atoms with Crippen molar-refractivity contribution in [1.29, 1.82) is 0 Å². The van der Waals surface area contributed by atoms with Crippen molar-refractivity contribution in [1.82, 2.24) is 15.2 Å². The van der Waals surface area contributed by atoms with Crippen molar-refractivity contribution in [3.63, 3.8) is 0 Å². The Hall–Kier alpha value is -3.96. The molecule has 1 aromatic heterocycles. The first-order valence-electron chi connectivity index (χ1n) is 9.65. The highest BCUT2D eigenvalue weighted by Crippen LogP contribution is 2.31. The first kappa shape index (κ1) is 23.7. The number of piperidine rings is 1. The van der Waals surface area contributed by atoms with Gasteiger partial charge in [0.2, 0.25) is 17.7 Å². The molecule has 9 nitrogen and oxygen atoms in total. The van der Waals surface area contributed by atoms with Crippen LogP contribution >= 0.6 is 0 Å². The molecule has 0 radical (unpaired) electrons. The van der Waals surface area contributed by atoms with Gasteiger partial charge in [-0.2, -0.15) is 13.2 Å². The lowest BCUT2D eigenvalue weighted by Crippen LogP contribution is -2.52. The molecule has 3 rings (SSSR count). The third kappa shape index (κ3) is 6.05. The molecule has 1 fully saturated rings. The number of aliphatic carboxylic acids is 1. The Morgan fingerprint density at radius 1 is 1.15 bits per heavy atom. The average molecular weight is 465 g/mol. The Morgan fingerprint density at radius 2 is 1.85 bits per heavy atom. The number of carbonyl (C=O) groups is 4. The maximum absolute atomic E-state index is 12.6.